The predicted octanol–water partition coefficient (Wildman–Crippen LogP) is 3.80. The van der Waals surface area contributed by atoms with Gasteiger partial charge in [-0.05, 0) is 56.5 Å². The van der Waals surface area contributed by atoms with Crippen molar-refractivity contribution < 1.29 is 17.9 Å². The number of hydrogen-bond acceptors (Lipinski definition) is 8. The Bertz CT molecular complexity index is 1130. The normalized spacial score (nSPS) is 11.2. The van der Waals surface area contributed by atoms with Crippen LogP contribution in [0.2, 0.25) is 0 Å². The number of hydrogen-bond donors (Lipinski definition) is 1. The zero-order valence-corrected chi connectivity index (χ0v) is 19.7. The van der Waals surface area contributed by atoms with Gasteiger partial charge in [0.05, 0.1) is 17.2 Å². The number of aryl methyl sites for hydroxylation is 1. The Labute approximate surface area is 189 Å². The Morgan fingerprint density at radius 2 is 1.81 bits per heavy atom. The molecule has 2 aromatic carbocycles. The number of anilines is 2. The molecular weight excluding hydrogens is 456 g/mol. The minimum atomic E-state index is -4.01. The fraction of sp³-hybridized carbons (Fsp3) is 0.250. The average molecular weight is 479 g/mol. The molecular formula is C20H22N4O4S3. The van der Waals surface area contributed by atoms with E-state index in [0.717, 1.165) is 9.87 Å². The number of thioether (sulfide) groups is 1. The van der Waals surface area contributed by atoms with Crippen LogP contribution in [0.4, 0.5) is 10.8 Å². The van der Waals surface area contributed by atoms with Crippen molar-refractivity contribution in [2.24, 2.45) is 0 Å². The highest BCUT2D eigenvalue weighted by Crippen LogP contribution is 2.27. The molecule has 0 spiro atoms. The molecule has 3 aromatic rings. The van der Waals surface area contributed by atoms with Crippen molar-refractivity contribution in [1.29, 1.82) is 0 Å². The number of sulfonamides is 1. The molecule has 1 heterocycles. The van der Waals surface area contributed by atoms with Crippen molar-refractivity contribution in [3.63, 3.8) is 0 Å². The molecule has 31 heavy (non-hydrogen) atoms. The maximum atomic E-state index is 13.4. The highest BCUT2D eigenvalue weighted by Gasteiger charge is 2.27. The van der Waals surface area contributed by atoms with Crippen LogP contribution in [0.15, 0.2) is 57.8 Å². The fourth-order valence-electron chi connectivity index (χ4n) is 2.66. The molecule has 0 atom stereocenters. The van der Waals surface area contributed by atoms with Crippen LogP contribution in [0, 0.1) is 6.92 Å². The minimum Gasteiger partial charge on any atom is -0.494 e. The second kappa shape index (κ2) is 10.1. The van der Waals surface area contributed by atoms with Gasteiger partial charge in [-0.3, -0.25) is 14.4 Å². The van der Waals surface area contributed by atoms with E-state index in [-0.39, 0.29) is 4.90 Å². The Morgan fingerprint density at radius 1 is 1.13 bits per heavy atom. The molecule has 11 heteroatoms. The molecule has 8 nitrogen and oxygen atoms in total. The van der Waals surface area contributed by atoms with E-state index in [1.165, 1.54) is 35.2 Å². The highest BCUT2D eigenvalue weighted by molar-refractivity contribution is 8.00. The van der Waals surface area contributed by atoms with E-state index in [1.807, 2.05) is 20.1 Å². The first-order valence-corrected chi connectivity index (χ1v) is 12.8. The van der Waals surface area contributed by atoms with Crippen LogP contribution in [-0.2, 0) is 14.8 Å². The largest absolute Gasteiger partial charge is 0.494 e. The van der Waals surface area contributed by atoms with Crippen LogP contribution in [0.3, 0.4) is 0 Å². The summed E-state index contributed by atoms with van der Waals surface area (Å²) in [5, 5.41) is 10.8. The Kier molecular flexibility index (Phi) is 7.52. The number of aromatic nitrogens is 2. The van der Waals surface area contributed by atoms with E-state index in [1.54, 1.807) is 36.4 Å². The van der Waals surface area contributed by atoms with Crippen molar-refractivity contribution in [3.8, 4) is 5.75 Å². The summed E-state index contributed by atoms with van der Waals surface area (Å²) in [5.41, 5.74) is 1.36. The quantitative estimate of drug-likeness (QED) is 0.369. The van der Waals surface area contributed by atoms with Gasteiger partial charge < -0.3 is 4.74 Å². The van der Waals surface area contributed by atoms with Crippen molar-refractivity contribution >= 4 is 49.8 Å². The number of carbonyl (C=O) groups excluding carboxylic acids is 1. The van der Waals surface area contributed by atoms with Crippen LogP contribution in [0.1, 0.15) is 12.5 Å². The van der Waals surface area contributed by atoms with Crippen LogP contribution in [-0.4, -0.2) is 43.9 Å². The predicted molar refractivity (Wildman–Crippen MR) is 124 cm³/mol. The zero-order valence-electron chi connectivity index (χ0n) is 17.2. The van der Waals surface area contributed by atoms with Gasteiger partial charge >= 0.3 is 0 Å². The molecule has 0 bridgehead atoms. The Balaban J connectivity index is 1.89. The Hall–Kier alpha value is -2.63. The molecule has 0 aliphatic carbocycles. The van der Waals surface area contributed by atoms with Gasteiger partial charge in [-0.15, -0.1) is 10.2 Å². The molecule has 1 aromatic heterocycles. The van der Waals surface area contributed by atoms with Crippen LogP contribution in [0.25, 0.3) is 0 Å². The van der Waals surface area contributed by atoms with E-state index >= 15 is 0 Å². The lowest BCUT2D eigenvalue weighted by molar-refractivity contribution is -0.114. The number of benzene rings is 2. The third kappa shape index (κ3) is 5.75. The van der Waals surface area contributed by atoms with Gasteiger partial charge in [-0.2, -0.15) is 0 Å². The van der Waals surface area contributed by atoms with E-state index < -0.39 is 22.5 Å². The maximum absolute atomic E-state index is 13.4. The SMILES string of the molecule is CCOc1ccc(S(=O)(=O)N(CC(=O)Nc2nnc(SC)s2)c2ccc(C)cc2)cc1. The molecule has 0 saturated heterocycles. The van der Waals surface area contributed by atoms with Crippen molar-refractivity contribution in [1.82, 2.24) is 10.2 Å². The summed E-state index contributed by atoms with van der Waals surface area (Å²) >= 11 is 2.64. The van der Waals surface area contributed by atoms with Gasteiger partial charge in [0.1, 0.15) is 12.3 Å². The third-order valence-electron chi connectivity index (χ3n) is 4.16. The van der Waals surface area contributed by atoms with Crippen LogP contribution < -0.4 is 14.4 Å². The molecule has 3 rings (SSSR count). The maximum Gasteiger partial charge on any atom is 0.264 e. The van der Waals surface area contributed by atoms with Gasteiger partial charge in [0.2, 0.25) is 11.0 Å². The molecule has 1 amide bonds. The summed E-state index contributed by atoms with van der Waals surface area (Å²) in [4.78, 5) is 12.7. The Morgan fingerprint density at radius 3 is 2.39 bits per heavy atom. The molecule has 0 fully saturated rings. The first-order valence-electron chi connectivity index (χ1n) is 9.33. The number of amides is 1. The zero-order chi connectivity index (χ0) is 22.4. The number of carbonyl (C=O) groups is 1. The van der Waals surface area contributed by atoms with Gasteiger partial charge in [-0.1, -0.05) is 40.8 Å². The number of nitrogens with zero attached hydrogens (tertiary/aromatic N) is 3. The summed E-state index contributed by atoms with van der Waals surface area (Å²) in [5.74, 6) is 0.0563. The number of nitrogens with one attached hydrogen (secondary N) is 1. The van der Waals surface area contributed by atoms with Crippen LogP contribution in [0.5, 0.6) is 5.75 Å². The minimum absolute atomic E-state index is 0.0601. The van der Waals surface area contributed by atoms with Crippen molar-refractivity contribution in [2.75, 3.05) is 29.0 Å². The number of ether oxygens (including phenoxy) is 1. The molecule has 1 N–H and O–H groups in total. The fourth-order valence-corrected chi connectivity index (χ4v) is 5.27. The first-order chi connectivity index (χ1) is 14.8. The summed E-state index contributed by atoms with van der Waals surface area (Å²) in [6.07, 6.45) is 1.86. The second-order valence-electron chi connectivity index (χ2n) is 6.38. The van der Waals surface area contributed by atoms with E-state index in [2.05, 4.69) is 15.5 Å². The lowest BCUT2D eigenvalue weighted by Gasteiger charge is -2.24. The second-order valence-corrected chi connectivity index (χ2v) is 10.3. The van der Waals surface area contributed by atoms with Gasteiger partial charge in [0.15, 0.2) is 4.34 Å². The molecule has 0 saturated carbocycles. The molecule has 0 unspecified atom stereocenters. The van der Waals surface area contributed by atoms with Gasteiger partial charge in [0, 0.05) is 0 Å². The third-order valence-corrected chi connectivity index (χ3v) is 7.76. The van der Waals surface area contributed by atoms with E-state index in [9.17, 15) is 13.2 Å². The number of rotatable bonds is 9. The molecule has 0 aliphatic rings. The van der Waals surface area contributed by atoms with E-state index in [4.69, 9.17) is 4.74 Å². The summed E-state index contributed by atoms with van der Waals surface area (Å²) in [6, 6.07) is 13.1. The van der Waals surface area contributed by atoms with Gasteiger partial charge in [0.25, 0.3) is 10.0 Å². The first kappa shape index (κ1) is 23.0. The van der Waals surface area contributed by atoms with Gasteiger partial charge in [-0.25, -0.2) is 8.42 Å². The van der Waals surface area contributed by atoms with E-state index in [0.29, 0.717) is 27.5 Å². The lowest BCUT2D eigenvalue weighted by Crippen LogP contribution is -2.38. The summed E-state index contributed by atoms with van der Waals surface area (Å²) in [6.45, 7) is 3.82. The lowest BCUT2D eigenvalue weighted by atomic mass is 10.2. The molecule has 0 radical (unpaired) electrons. The van der Waals surface area contributed by atoms with Crippen LogP contribution >= 0.6 is 23.1 Å². The smallest absolute Gasteiger partial charge is 0.264 e. The summed E-state index contributed by atoms with van der Waals surface area (Å²) < 4.78 is 34.0. The standard InChI is InChI=1S/C20H22N4O4S3/c1-4-28-16-9-11-17(12-10-16)31(26,27)24(15-7-5-14(2)6-8-15)13-18(25)21-19-22-23-20(29-3)30-19/h5-12H,4,13H2,1-3H3,(H,21,22,25). The molecule has 0 aliphatic heterocycles. The molecule has 164 valence electrons. The van der Waals surface area contributed by atoms with Crippen molar-refractivity contribution in [3.05, 3.63) is 54.1 Å². The topological polar surface area (TPSA) is 101 Å². The monoisotopic (exact) mass is 478 g/mol. The van der Waals surface area contributed by atoms with Crippen molar-refractivity contribution in [2.45, 2.75) is 23.1 Å². The summed E-state index contributed by atoms with van der Waals surface area (Å²) in [7, 11) is -4.01. The average Bonchev–Trinajstić information content (AvgIpc) is 3.21. The highest BCUT2D eigenvalue weighted by atomic mass is 32.2.